The Hall–Kier alpha value is -2.20. The Labute approximate surface area is 201 Å². The van der Waals surface area contributed by atoms with Crippen LogP contribution >= 0.6 is 0 Å². The summed E-state index contributed by atoms with van der Waals surface area (Å²) in [7, 11) is 0. The van der Waals surface area contributed by atoms with Gasteiger partial charge in [0.2, 0.25) is 0 Å². The third-order valence-electron chi connectivity index (χ3n) is 6.89. The molecule has 0 aromatic heterocycles. The van der Waals surface area contributed by atoms with Gasteiger partial charge in [0.15, 0.2) is 5.60 Å². The van der Waals surface area contributed by atoms with E-state index in [2.05, 4.69) is 10.4 Å². The van der Waals surface area contributed by atoms with E-state index in [4.69, 9.17) is 15.2 Å². The molecule has 10 heteroatoms. The number of primary amides is 1. The van der Waals surface area contributed by atoms with Gasteiger partial charge in [-0.1, -0.05) is 26.7 Å². The van der Waals surface area contributed by atoms with Crippen molar-refractivity contribution in [1.82, 2.24) is 5.32 Å². The molecule has 2 saturated carbocycles. The Morgan fingerprint density at radius 3 is 2.44 bits per heavy atom. The molecule has 1 heterocycles. The molecule has 4 amide bonds. The first-order chi connectivity index (χ1) is 15.8. The van der Waals surface area contributed by atoms with Crippen molar-refractivity contribution in [3.05, 3.63) is 0 Å². The highest BCUT2D eigenvalue weighted by Crippen LogP contribution is 2.42. The number of nitrogens with two attached hydrogens (primary N) is 1. The molecular formula is C24H41N4O6+. The van der Waals surface area contributed by atoms with E-state index in [0.717, 1.165) is 25.7 Å². The van der Waals surface area contributed by atoms with E-state index in [9.17, 15) is 19.5 Å². The molecule has 1 aliphatic heterocycles. The molecule has 4 N–H and O–H groups in total. The number of imide groups is 1. The van der Waals surface area contributed by atoms with Crippen molar-refractivity contribution in [2.75, 3.05) is 6.54 Å². The summed E-state index contributed by atoms with van der Waals surface area (Å²) in [6.45, 7) is 9.59. The molecule has 0 spiro atoms. The number of alkyl carbamates (subject to hydrolysis) is 1. The van der Waals surface area contributed by atoms with Gasteiger partial charge in [0.25, 0.3) is 5.90 Å². The first-order valence-corrected chi connectivity index (χ1v) is 12.5. The molecule has 2 unspecified atom stereocenters. The number of hydrogen-bond donors (Lipinski definition) is 3. The summed E-state index contributed by atoms with van der Waals surface area (Å²) in [5.74, 6) is -0.191. The average Bonchev–Trinajstić information content (AvgIpc) is 3.46. The second kappa shape index (κ2) is 9.81. The van der Waals surface area contributed by atoms with Crippen LogP contribution in [0.4, 0.5) is 14.4 Å². The number of amides is 4. The molecule has 0 aromatic carbocycles. The molecule has 0 radical (unpaired) electrons. The van der Waals surface area contributed by atoms with Crippen LogP contribution in [0.2, 0.25) is 0 Å². The van der Waals surface area contributed by atoms with Crippen molar-refractivity contribution in [3.8, 4) is 0 Å². The van der Waals surface area contributed by atoms with Gasteiger partial charge in [-0.25, -0.2) is 9.59 Å². The van der Waals surface area contributed by atoms with E-state index in [1.54, 1.807) is 20.8 Å². The van der Waals surface area contributed by atoms with Crippen molar-refractivity contribution in [3.63, 3.8) is 0 Å². The fourth-order valence-corrected chi connectivity index (χ4v) is 4.86. The zero-order valence-electron chi connectivity index (χ0n) is 21.1. The zero-order valence-corrected chi connectivity index (χ0v) is 21.1. The monoisotopic (exact) mass is 481 g/mol. The van der Waals surface area contributed by atoms with Gasteiger partial charge in [0.1, 0.15) is 12.1 Å². The largest absolute Gasteiger partial charge is 0.559 e. The molecule has 0 saturated heterocycles. The lowest BCUT2D eigenvalue weighted by Gasteiger charge is -2.42. The van der Waals surface area contributed by atoms with Gasteiger partial charge in [-0.15, -0.1) is 0 Å². The maximum atomic E-state index is 12.9. The molecule has 4 atom stereocenters. The van der Waals surface area contributed by atoms with Crippen molar-refractivity contribution in [2.45, 2.75) is 103 Å². The van der Waals surface area contributed by atoms with E-state index in [1.165, 1.54) is 0 Å². The van der Waals surface area contributed by atoms with Gasteiger partial charge in [-0.2, -0.15) is 4.79 Å². The molecule has 192 valence electrons. The van der Waals surface area contributed by atoms with E-state index < -0.39 is 46.0 Å². The standard InChI is InChI=1S/C24H40N4O6/c1-15(2)12-13-24(32,17-8-6-7-9-18(17)26-21(30)34-23(3,4)5)19-27-28(20(25)29,22(31)33-19)14-16-10-11-16/h15-18,32H,6-14H2,1-5H3,(H2-,25,26,29,30)/p+1/t17-,18+,24?,28?/m1/s1. The minimum atomic E-state index is -1.64. The molecule has 0 bridgehead atoms. The molecule has 3 rings (SSSR count). The Bertz CT molecular complexity index is 834. The Morgan fingerprint density at radius 1 is 1.24 bits per heavy atom. The van der Waals surface area contributed by atoms with Crippen molar-refractivity contribution in [2.24, 2.45) is 28.6 Å². The highest BCUT2D eigenvalue weighted by atomic mass is 16.6. The third-order valence-corrected chi connectivity index (χ3v) is 6.89. The predicted octanol–water partition coefficient (Wildman–Crippen LogP) is 4.01. The van der Waals surface area contributed by atoms with Crippen LogP contribution in [0.5, 0.6) is 0 Å². The smallest absolute Gasteiger partial charge is 0.444 e. The van der Waals surface area contributed by atoms with E-state index in [1.807, 2.05) is 13.8 Å². The van der Waals surface area contributed by atoms with E-state index in [-0.39, 0.29) is 30.7 Å². The highest BCUT2D eigenvalue weighted by molar-refractivity contribution is 5.98. The van der Waals surface area contributed by atoms with Crippen LogP contribution in [-0.2, 0) is 9.47 Å². The summed E-state index contributed by atoms with van der Waals surface area (Å²) >= 11 is 0. The first-order valence-electron chi connectivity index (χ1n) is 12.5. The Morgan fingerprint density at radius 2 is 1.88 bits per heavy atom. The lowest BCUT2D eigenvalue weighted by molar-refractivity contribution is -0.776. The van der Waals surface area contributed by atoms with Crippen LogP contribution in [-0.4, -0.2) is 57.6 Å². The number of carbonyl (C=O) groups excluding carboxylic acids is 3. The number of aliphatic hydroxyl groups is 1. The minimum absolute atomic E-state index is 0.141. The van der Waals surface area contributed by atoms with Gasteiger partial charge >= 0.3 is 18.2 Å². The molecule has 3 aliphatic rings. The lowest BCUT2D eigenvalue weighted by Crippen LogP contribution is -2.57. The van der Waals surface area contributed by atoms with Crippen LogP contribution in [0.3, 0.4) is 0 Å². The van der Waals surface area contributed by atoms with Crippen molar-refractivity contribution < 1.29 is 33.6 Å². The third kappa shape index (κ3) is 5.89. The van der Waals surface area contributed by atoms with Crippen LogP contribution < -0.4 is 11.1 Å². The molecule has 2 aliphatic carbocycles. The SMILES string of the molecule is CC(C)CCC(O)(C1=N[N+](CC2CC2)(C(N)=O)C(=O)O1)[C@@H]1CCCC[C@@H]1NC(=O)OC(C)(C)C. The van der Waals surface area contributed by atoms with E-state index in [0.29, 0.717) is 19.3 Å². The average molecular weight is 482 g/mol. The van der Waals surface area contributed by atoms with Gasteiger partial charge in [-0.3, -0.25) is 0 Å². The fraction of sp³-hybridized carbons (Fsp3) is 0.833. The fourth-order valence-electron chi connectivity index (χ4n) is 4.86. The van der Waals surface area contributed by atoms with Crippen LogP contribution in [0, 0.1) is 17.8 Å². The number of carbonyl (C=O) groups is 3. The number of nitrogens with zero attached hydrogens (tertiary/aromatic N) is 2. The highest BCUT2D eigenvalue weighted by Gasteiger charge is 2.61. The van der Waals surface area contributed by atoms with Crippen LogP contribution in [0.15, 0.2) is 5.10 Å². The molecule has 34 heavy (non-hydrogen) atoms. The van der Waals surface area contributed by atoms with Crippen molar-refractivity contribution >= 4 is 24.1 Å². The number of hydrogen-bond acceptors (Lipinski definition) is 7. The topological polar surface area (TPSA) is 140 Å². The number of quaternary nitrogens is 1. The Kier molecular flexibility index (Phi) is 7.62. The van der Waals surface area contributed by atoms with Crippen molar-refractivity contribution in [1.29, 1.82) is 0 Å². The summed E-state index contributed by atoms with van der Waals surface area (Å²) in [6.07, 6.45) is 4.26. The summed E-state index contributed by atoms with van der Waals surface area (Å²) in [6, 6.07) is -1.31. The predicted molar refractivity (Wildman–Crippen MR) is 125 cm³/mol. The number of cyclic esters (lactones) is 1. The molecule has 10 nitrogen and oxygen atoms in total. The number of ether oxygens (including phenoxy) is 2. The number of rotatable bonds is 8. The van der Waals surface area contributed by atoms with Gasteiger partial charge in [0.05, 0.1) is 0 Å². The summed E-state index contributed by atoms with van der Waals surface area (Å²) in [5, 5.41) is 19.4. The molecule has 2 fully saturated rings. The zero-order chi connectivity index (χ0) is 25.3. The second-order valence-electron chi connectivity index (χ2n) is 11.5. The first kappa shape index (κ1) is 26.4. The van der Waals surface area contributed by atoms with E-state index >= 15 is 0 Å². The lowest BCUT2D eigenvalue weighted by atomic mass is 9.71. The maximum absolute atomic E-state index is 12.9. The molecule has 0 aromatic rings. The number of nitrogens with one attached hydrogen (secondary N) is 1. The summed E-state index contributed by atoms with van der Waals surface area (Å²) in [4.78, 5) is 37.9. The van der Waals surface area contributed by atoms with Gasteiger partial charge in [-0.05, 0) is 74.9 Å². The maximum Gasteiger partial charge on any atom is 0.559 e. The normalized spacial score (nSPS) is 29.3. The minimum Gasteiger partial charge on any atom is -0.444 e. The second-order valence-corrected chi connectivity index (χ2v) is 11.5. The van der Waals surface area contributed by atoms with Gasteiger partial charge in [0, 0.05) is 17.9 Å². The quantitative estimate of drug-likeness (QED) is 0.448. The Balaban J connectivity index is 1.95. The van der Waals surface area contributed by atoms with Gasteiger partial charge < -0.3 is 25.6 Å². The number of urea groups is 1. The van der Waals surface area contributed by atoms with Crippen LogP contribution in [0.25, 0.3) is 0 Å². The van der Waals surface area contributed by atoms with Crippen LogP contribution in [0.1, 0.15) is 86.0 Å². The molecular weight excluding hydrogens is 440 g/mol. The summed E-state index contributed by atoms with van der Waals surface area (Å²) in [5.41, 5.74) is 3.33. The summed E-state index contributed by atoms with van der Waals surface area (Å²) < 4.78 is 10.0.